The Kier molecular flexibility index (Phi) is 5.17. The predicted octanol–water partition coefficient (Wildman–Crippen LogP) is 4.55. The number of ketones is 1. The first-order valence-corrected chi connectivity index (χ1v) is 7.78. The highest BCUT2D eigenvalue weighted by Gasteiger charge is 2.14. The topological polar surface area (TPSA) is 53.8 Å². The van der Waals surface area contributed by atoms with Crippen molar-refractivity contribution in [1.82, 2.24) is 4.98 Å². The van der Waals surface area contributed by atoms with E-state index in [-0.39, 0.29) is 11.5 Å². The summed E-state index contributed by atoms with van der Waals surface area (Å²) in [6.07, 6.45) is 0. The lowest BCUT2D eigenvalue weighted by atomic mass is 10.1. The number of nitriles is 1. The minimum atomic E-state index is -0.393. The van der Waals surface area contributed by atoms with Crippen molar-refractivity contribution in [3.63, 3.8) is 0 Å². The number of carbonyl (C=O) groups is 1. The molecule has 0 bridgehead atoms. The Bertz CT molecular complexity index is 766. The van der Waals surface area contributed by atoms with Gasteiger partial charge in [0.15, 0.2) is 5.78 Å². The summed E-state index contributed by atoms with van der Waals surface area (Å²) in [7, 11) is 0. The molecule has 2 aromatic rings. The highest BCUT2D eigenvalue weighted by molar-refractivity contribution is 7.98. The molecule has 0 saturated heterocycles. The second-order valence-corrected chi connectivity index (χ2v) is 6.00. The molecule has 3 nitrogen and oxygen atoms in total. The van der Waals surface area contributed by atoms with Crippen LogP contribution in [0.25, 0.3) is 0 Å². The lowest BCUT2D eigenvalue weighted by Crippen LogP contribution is -2.02. The molecule has 0 aliphatic heterocycles. The van der Waals surface area contributed by atoms with Crippen LogP contribution in [0, 0.1) is 24.1 Å². The second-order valence-electron chi connectivity index (χ2n) is 4.63. The summed E-state index contributed by atoms with van der Waals surface area (Å²) in [6, 6.07) is 8.04. The number of carbonyl (C=O) groups excluding carboxylic acids is 1. The van der Waals surface area contributed by atoms with Gasteiger partial charge < -0.3 is 0 Å². The SMILES string of the molecule is CC(=O)c1cc(C#N)c(SCc2c(F)cccc2Cl)nc1C. The largest absolute Gasteiger partial charge is 0.294 e. The fourth-order valence-corrected chi connectivity index (χ4v) is 3.29. The van der Waals surface area contributed by atoms with E-state index in [9.17, 15) is 14.4 Å². The van der Waals surface area contributed by atoms with Crippen molar-refractivity contribution in [3.8, 4) is 6.07 Å². The van der Waals surface area contributed by atoms with E-state index < -0.39 is 5.82 Å². The van der Waals surface area contributed by atoms with Crippen molar-refractivity contribution in [3.05, 3.63) is 57.5 Å². The first kappa shape index (κ1) is 16.5. The zero-order valence-electron chi connectivity index (χ0n) is 12.0. The van der Waals surface area contributed by atoms with Gasteiger partial charge in [-0.25, -0.2) is 9.37 Å². The summed E-state index contributed by atoms with van der Waals surface area (Å²) < 4.78 is 13.8. The predicted molar refractivity (Wildman–Crippen MR) is 84.7 cm³/mol. The highest BCUT2D eigenvalue weighted by atomic mass is 35.5. The van der Waals surface area contributed by atoms with Crippen molar-refractivity contribution in [1.29, 1.82) is 5.26 Å². The molecule has 22 heavy (non-hydrogen) atoms. The number of aromatic nitrogens is 1. The third-order valence-corrected chi connectivity index (χ3v) is 4.46. The van der Waals surface area contributed by atoms with Crippen LogP contribution in [-0.4, -0.2) is 10.8 Å². The zero-order valence-corrected chi connectivity index (χ0v) is 13.6. The van der Waals surface area contributed by atoms with E-state index in [4.69, 9.17) is 11.6 Å². The third kappa shape index (κ3) is 3.46. The fourth-order valence-electron chi connectivity index (χ4n) is 1.94. The van der Waals surface area contributed by atoms with E-state index in [1.165, 1.54) is 36.9 Å². The maximum absolute atomic E-state index is 13.8. The van der Waals surface area contributed by atoms with E-state index in [0.717, 1.165) is 0 Å². The van der Waals surface area contributed by atoms with Gasteiger partial charge in [0.25, 0.3) is 0 Å². The van der Waals surface area contributed by atoms with Crippen LogP contribution < -0.4 is 0 Å². The number of nitrogens with zero attached hydrogens (tertiary/aromatic N) is 2. The van der Waals surface area contributed by atoms with Crippen LogP contribution >= 0.6 is 23.4 Å². The number of halogens is 2. The third-order valence-electron chi connectivity index (χ3n) is 3.09. The number of thioether (sulfide) groups is 1. The van der Waals surface area contributed by atoms with E-state index in [1.54, 1.807) is 13.0 Å². The number of rotatable bonds is 4. The quantitative estimate of drug-likeness (QED) is 0.608. The molecule has 6 heteroatoms. The molecule has 0 N–H and O–H groups in total. The standard InChI is InChI=1S/C16H12ClFN2OS/c1-9-12(10(2)21)6-11(7-19)16(20-9)22-8-13-14(17)4-3-5-15(13)18/h3-6H,8H2,1-2H3. The Morgan fingerprint density at radius 1 is 1.50 bits per heavy atom. The molecule has 0 fully saturated rings. The van der Waals surface area contributed by atoms with Crippen LogP contribution in [0.1, 0.15) is 34.1 Å². The van der Waals surface area contributed by atoms with Crippen LogP contribution in [0.2, 0.25) is 5.02 Å². The molecule has 2 rings (SSSR count). The van der Waals surface area contributed by atoms with Crippen LogP contribution in [0.3, 0.4) is 0 Å². The number of benzene rings is 1. The fraction of sp³-hybridized carbons (Fsp3) is 0.188. The van der Waals surface area contributed by atoms with Crippen LogP contribution in [0.5, 0.6) is 0 Å². The first-order valence-electron chi connectivity index (χ1n) is 6.42. The Labute approximate surface area is 137 Å². The number of Topliss-reactive ketones (excluding diaryl/α,β-unsaturated/α-hetero) is 1. The summed E-state index contributed by atoms with van der Waals surface area (Å²) in [6.45, 7) is 3.13. The molecule has 112 valence electrons. The molecule has 0 spiro atoms. The lowest BCUT2D eigenvalue weighted by Gasteiger charge is -2.09. The van der Waals surface area contributed by atoms with Gasteiger partial charge in [-0.1, -0.05) is 17.7 Å². The zero-order chi connectivity index (χ0) is 16.3. The van der Waals surface area contributed by atoms with E-state index in [1.807, 2.05) is 6.07 Å². The van der Waals surface area contributed by atoms with E-state index in [0.29, 0.717) is 32.4 Å². The van der Waals surface area contributed by atoms with Gasteiger partial charge in [0, 0.05) is 27.6 Å². The molecule has 0 atom stereocenters. The van der Waals surface area contributed by atoms with Crippen LogP contribution in [-0.2, 0) is 5.75 Å². The second kappa shape index (κ2) is 6.91. The number of aryl methyl sites for hydroxylation is 1. The van der Waals surface area contributed by atoms with Gasteiger partial charge in [0.1, 0.15) is 16.9 Å². The summed E-state index contributed by atoms with van der Waals surface area (Å²) in [5.41, 5.74) is 1.64. The van der Waals surface area contributed by atoms with Gasteiger partial charge in [-0.05, 0) is 32.0 Å². The van der Waals surface area contributed by atoms with Crippen molar-refractivity contribution in [2.24, 2.45) is 0 Å². The molecular weight excluding hydrogens is 323 g/mol. The summed E-state index contributed by atoms with van der Waals surface area (Å²) in [4.78, 5) is 15.8. The average Bonchev–Trinajstić information content (AvgIpc) is 2.46. The van der Waals surface area contributed by atoms with E-state index >= 15 is 0 Å². The number of pyridine rings is 1. The molecule has 1 aromatic carbocycles. The Balaban J connectivity index is 2.33. The molecule has 0 aliphatic rings. The Morgan fingerprint density at radius 2 is 2.23 bits per heavy atom. The first-order chi connectivity index (χ1) is 10.4. The van der Waals surface area contributed by atoms with Crippen LogP contribution in [0.4, 0.5) is 4.39 Å². The van der Waals surface area contributed by atoms with Gasteiger partial charge in [-0.3, -0.25) is 4.79 Å². The van der Waals surface area contributed by atoms with Crippen molar-refractivity contribution >= 4 is 29.1 Å². The van der Waals surface area contributed by atoms with Crippen molar-refractivity contribution in [2.45, 2.75) is 24.6 Å². The van der Waals surface area contributed by atoms with E-state index in [2.05, 4.69) is 4.98 Å². The molecule has 0 aliphatic carbocycles. The minimum absolute atomic E-state index is 0.143. The Hall–Kier alpha value is -1.90. The molecule has 0 radical (unpaired) electrons. The normalized spacial score (nSPS) is 10.3. The molecule has 0 amide bonds. The summed E-state index contributed by atoms with van der Waals surface area (Å²) >= 11 is 7.20. The Morgan fingerprint density at radius 3 is 2.82 bits per heavy atom. The summed E-state index contributed by atoms with van der Waals surface area (Å²) in [5, 5.41) is 10.0. The molecule has 1 heterocycles. The highest BCUT2D eigenvalue weighted by Crippen LogP contribution is 2.30. The van der Waals surface area contributed by atoms with Crippen LogP contribution in [0.15, 0.2) is 29.3 Å². The minimum Gasteiger partial charge on any atom is -0.294 e. The molecular formula is C16H12ClFN2OS. The summed E-state index contributed by atoms with van der Waals surface area (Å²) in [5.74, 6) is -0.280. The molecule has 0 saturated carbocycles. The molecule has 1 aromatic heterocycles. The smallest absolute Gasteiger partial charge is 0.161 e. The van der Waals surface area contributed by atoms with Crippen molar-refractivity contribution < 1.29 is 9.18 Å². The number of hydrogen-bond donors (Lipinski definition) is 0. The lowest BCUT2D eigenvalue weighted by molar-refractivity contribution is 0.101. The monoisotopic (exact) mass is 334 g/mol. The van der Waals surface area contributed by atoms with Gasteiger partial charge in [-0.2, -0.15) is 5.26 Å². The molecule has 0 unspecified atom stereocenters. The number of hydrogen-bond acceptors (Lipinski definition) is 4. The van der Waals surface area contributed by atoms with Gasteiger partial charge >= 0.3 is 0 Å². The maximum Gasteiger partial charge on any atom is 0.161 e. The average molecular weight is 335 g/mol. The maximum atomic E-state index is 13.8. The van der Waals surface area contributed by atoms with Crippen molar-refractivity contribution in [2.75, 3.05) is 0 Å². The van der Waals surface area contributed by atoms with Gasteiger partial charge in [0.05, 0.1) is 5.56 Å². The van der Waals surface area contributed by atoms with Gasteiger partial charge in [0.2, 0.25) is 0 Å². The van der Waals surface area contributed by atoms with Gasteiger partial charge in [-0.15, -0.1) is 11.8 Å².